The fraction of sp³-hybridized carbons (Fsp3) is 0.537. The second-order valence-corrected chi connectivity index (χ2v) is 31.6. The van der Waals surface area contributed by atoms with Gasteiger partial charge in [0.1, 0.15) is 0 Å². The molecule has 1 N–H and O–H groups in total. The molecule has 0 amide bonds. The Morgan fingerprint density at radius 1 is 0.484 bits per heavy atom. The molecule has 12 rings (SSSR count). The maximum Gasteiger partial charge on any atom is 1.00 e. The van der Waals surface area contributed by atoms with Crippen molar-refractivity contribution in [3.8, 4) is 0 Å². The molecule has 4 fully saturated rings. The Morgan fingerprint density at radius 3 is 1.07 bits per heavy atom. The molecular formula is C82H114Ag2ClN4NaO-3. The third kappa shape index (κ3) is 18.9. The van der Waals surface area contributed by atoms with Crippen molar-refractivity contribution in [3.05, 3.63) is 169 Å². The summed E-state index contributed by atoms with van der Waals surface area (Å²) < 4.78 is 0. The van der Waals surface area contributed by atoms with Crippen LogP contribution in [-0.4, -0.2) is 21.7 Å². The summed E-state index contributed by atoms with van der Waals surface area (Å²) >= 11 is 2.42. The SMILES string of the molecule is CC(C)(C)[O-].CC1CC[C@@H](C(C)C)[C@@]2([CH-]N(c3c(C(C)C)cccc3C(C)C)C(C)(C)C2)C1.CC1CC[C@@H](C(C)C)[C@@]2([CH-]N(c3c(C(C)C)cccc3C(C)C)C(C)(C)C2)C1.[Ag].[Cl][Ag].[Na+].c1ccc2c(c1)[n-]c1ccccc12.c1ccc2c(c1)[nH]c1ccccc12. The minimum absolute atomic E-state index is 0. The van der Waals surface area contributed by atoms with Crippen LogP contribution in [0.25, 0.3) is 43.6 Å². The first kappa shape index (κ1) is 78.9. The largest absolute Gasteiger partial charge is 1.00 e. The summed E-state index contributed by atoms with van der Waals surface area (Å²) in [6, 6.07) is 47.2. The topological polar surface area (TPSA) is 59.4 Å². The number of halogens is 1. The number of nitrogens with zero attached hydrogens (tertiary/aromatic N) is 3. The number of aromatic nitrogens is 2. The molecule has 6 aromatic carbocycles. The van der Waals surface area contributed by atoms with Gasteiger partial charge in [-0.05, 0) is 120 Å². The van der Waals surface area contributed by atoms with Crippen LogP contribution in [0, 0.1) is 59.4 Å². The van der Waals surface area contributed by atoms with Crippen LogP contribution < -0.4 is 49.4 Å². The number of hydrogen-bond donors (Lipinski definition) is 1. The van der Waals surface area contributed by atoms with Gasteiger partial charge in [0.05, 0.1) is 0 Å². The number of nitrogens with one attached hydrogen (secondary N) is 1. The molecule has 8 aromatic rings. The Hall–Kier alpha value is -2.75. The van der Waals surface area contributed by atoms with Gasteiger partial charge in [0.15, 0.2) is 0 Å². The monoisotopic (exact) mass is 1440 g/mol. The van der Waals surface area contributed by atoms with Crippen molar-refractivity contribution in [1.82, 2.24) is 9.97 Å². The number of benzene rings is 6. The Bertz CT molecular complexity index is 3150. The minimum Gasteiger partial charge on any atom is -0.657 e. The molecule has 2 aliphatic carbocycles. The molecule has 2 aliphatic heterocycles. The zero-order chi connectivity index (χ0) is 65.6. The number of anilines is 2. The van der Waals surface area contributed by atoms with Gasteiger partial charge in [-0.2, -0.15) is 0 Å². The van der Waals surface area contributed by atoms with Crippen LogP contribution in [0.5, 0.6) is 0 Å². The summed E-state index contributed by atoms with van der Waals surface area (Å²) in [6.07, 6.45) is 10.9. The second kappa shape index (κ2) is 33.5. The van der Waals surface area contributed by atoms with Crippen LogP contribution in [0.2, 0.25) is 0 Å². The van der Waals surface area contributed by atoms with E-state index in [2.05, 4.69) is 308 Å². The molecule has 0 bridgehead atoms. The van der Waals surface area contributed by atoms with E-state index in [0.29, 0.717) is 34.5 Å². The molecule has 4 aliphatic rings. The Labute approximate surface area is 607 Å². The van der Waals surface area contributed by atoms with Crippen LogP contribution >= 0.6 is 9.19 Å². The van der Waals surface area contributed by atoms with Gasteiger partial charge < -0.3 is 24.9 Å². The molecule has 4 heterocycles. The van der Waals surface area contributed by atoms with Gasteiger partial charge in [-0.1, -0.05) is 302 Å². The molecule has 501 valence electrons. The molecule has 91 heavy (non-hydrogen) atoms. The van der Waals surface area contributed by atoms with Gasteiger partial charge in [-0.3, -0.25) is 0 Å². The summed E-state index contributed by atoms with van der Waals surface area (Å²) in [4.78, 5) is 13.3. The molecule has 2 saturated carbocycles. The molecule has 9 heteroatoms. The van der Waals surface area contributed by atoms with Gasteiger partial charge in [-0.25, -0.2) is 13.1 Å². The van der Waals surface area contributed by atoms with E-state index in [0.717, 1.165) is 46.5 Å². The van der Waals surface area contributed by atoms with E-state index in [9.17, 15) is 5.11 Å². The standard InChI is InChI=1S/2C27H44N.C12H9N.C12H8N.C4H9O.2Ag.ClH.Na/c2*1-18(2)22-11-10-12-23(19(3)4)25(22)28-17-27(16-26(28,8)9)15-21(7)13-14-24(27)20(5)6;2*1-3-7-11-9(5-1)10-6-2-4-8-12(10)13-11;1-4(2,3)5;;;;/h2*10-12,17-21,24H,13-16H2,1-9H3;1-8,13H;1-8H;1-3H3;;;1H;/q2*-1;;2*-1;;+1;;+1/p-1/t2*21?,24-,27-;;;;;;;/m00......./s1. The molecule has 2 unspecified atom stereocenters. The third-order valence-electron chi connectivity index (χ3n) is 20.0. The van der Waals surface area contributed by atoms with Gasteiger partial charge in [0.25, 0.3) is 0 Å². The second-order valence-electron chi connectivity index (χ2n) is 31.6. The smallest absolute Gasteiger partial charge is 0.657 e. The van der Waals surface area contributed by atoms with Crippen molar-refractivity contribution < 1.29 is 77.0 Å². The van der Waals surface area contributed by atoms with E-state index in [-0.39, 0.29) is 63.0 Å². The van der Waals surface area contributed by atoms with E-state index in [1.165, 1.54) is 118 Å². The van der Waals surface area contributed by atoms with Gasteiger partial charge in [0, 0.05) is 66.6 Å². The van der Waals surface area contributed by atoms with Crippen LogP contribution in [0.4, 0.5) is 11.4 Å². The molecule has 6 atom stereocenters. The van der Waals surface area contributed by atoms with Crippen LogP contribution in [0.1, 0.15) is 243 Å². The number of fused-ring (bicyclic) bond motifs is 6. The molecule has 5 nitrogen and oxygen atoms in total. The van der Waals surface area contributed by atoms with Crippen molar-refractivity contribution in [1.29, 1.82) is 0 Å². The van der Waals surface area contributed by atoms with E-state index in [1.54, 1.807) is 20.8 Å². The van der Waals surface area contributed by atoms with Crippen molar-refractivity contribution in [2.45, 2.75) is 237 Å². The van der Waals surface area contributed by atoms with E-state index >= 15 is 0 Å². The predicted octanol–water partition coefficient (Wildman–Crippen LogP) is 20.4. The molecule has 1 radical (unpaired) electrons. The van der Waals surface area contributed by atoms with Gasteiger partial charge >= 0.3 is 58.7 Å². The first-order chi connectivity index (χ1) is 41.9. The van der Waals surface area contributed by atoms with E-state index < -0.39 is 5.60 Å². The van der Waals surface area contributed by atoms with Crippen LogP contribution in [0.15, 0.2) is 133 Å². The fourth-order valence-electron chi connectivity index (χ4n) is 16.6. The average Bonchev–Trinajstić information content (AvgIpc) is 1.60. The maximum atomic E-state index is 10.1. The molecule has 2 aromatic heterocycles. The quantitative estimate of drug-likeness (QED) is 0.122. The van der Waals surface area contributed by atoms with Crippen molar-refractivity contribution in [2.75, 3.05) is 9.80 Å². The summed E-state index contributed by atoms with van der Waals surface area (Å²) in [5, 5.41) is 15.2. The van der Waals surface area contributed by atoms with Crippen molar-refractivity contribution in [3.63, 3.8) is 0 Å². The number of hydrogen-bond acceptors (Lipinski definition) is 3. The summed E-state index contributed by atoms with van der Waals surface area (Å²) in [7, 11) is 4.45. The number of rotatable bonds is 8. The molecule has 2 saturated heterocycles. The van der Waals surface area contributed by atoms with Gasteiger partial charge in [-0.15, -0.1) is 27.5 Å². The average molecular weight is 1450 g/mol. The number of para-hydroxylation sites is 6. The normalized spacial score (nSPS) is 22.5. The minimum atomic E-state index is -0.750. The maximum absolute atomic E-state index is 10.1. The summed E-state index contributed by atoms with van der Waals surface area (Å²) in [5.41, 5.74) is 14.0. The summed E-state index contributed by atoms with van der Waals surface area (Å²) in [6.45, 7) is 53.8. The number of aromatic amines is 1. The Morgan fingerprint density at radius 2 is 0.769 bits per heavy atom. The Balaban J connectivity index is 0.000000221. The number of H-pyrrole nitrogens is 1. The van der Waals surface area contributed by atoms with Crippen molar-refractivity contribution >= 4 is 64.2 Å². The zero-order valence-corrected chi connectivity index (χ0v) is 65.7. The Kier molecular flexibility index (Phi) is 29.0. The molecule has 2 spiro atoms. The van der Waals surface area contributed by atoms with E-state index in [1.807, 2.05) is 12.1 Å². The predicted molar refractivity (Wildman–Crippen MR) is 384 cm³/mol. The van der Waals surface area contributed by atoms with Gasteiger partial charge in [0.2, 0.25) is 0 Å². The van der Waals surface area contributed by atoms with E-state index in [4.69, 9.17) is 0 Å². The van der Waals surface area contributed by atoms with Crippen molar-refractivity contribution in [2.24, 2.45) is 46.3 Å². The summed E-state index contributed by atoms with van der Waals surface area (Å²) in [5.74, 6) is 6.97. The van der Waals surface area contributed by atoms with Crippen LogP contribution in [-0.2, 0) is 42.4 Å². The first-order valence-corrected chi connectivity index (χ1v) is 36.0. The zero-order valence-electron chi connectivity index (χ0n) is 60.0. The first-order valence-electron chi connectivity index (χ1n) is 34.1. The fourth-order valence-corrected chi connectivity index (χ4v) is 16.6. The molecular weight excluding hydrogens is 1330 g/mol. The van der Waals surface area contributed by atoms with Crippen LogP contribution in [0.3, 0.4) is 0 Å². The third-order valence-corrected chi connectivity index (χ3v) is 20.0.